The molecule has 0 aromatic heterocycles. The van der Waals surface area contributed by atoms with Crippen molar-refractivity contribution in [1.82, 2.24) is 4.90 Å². The molecule has 0 saturated carbocycles. The average Bonchev–Trinajstić information content (AvgIpc) is 2.28. The van der Waals surface area contributed by atoms with Crippen LogP contribution in [0.1, 0.15) is 25.0 Å². The lowest BCUT2D eigenvalue weighted by Gasteiger charge is -2.14. The van der Waals surface area contributed by atoms with E-state index < -0.39 is 11.9 Å². The molecule has 0 fully saturated rings. The fourth-order valence-electron chi connectivity index (χ4n) is 1.45. The van der Waals surface area contributed by atoms with Gasteiger partial charge in [-0.2, -0.15) is 0 Å². The van der Waals surface area contributed by atoms with Crippen molar-refractivity contribution in [1.29, 1.82) is 0 Å². The zero-order valence-electron chi connectivity index (χ0n) is 10.8. The normalized spacial score (nSPS) is 12.1. The first-order valence-electron chi connectivity index (χ1n) is 5.72. The maximum atomic E-state index is 13.1. The van der Waals surface area contributed by atoms with Crippen LogP contribution in [0.2, 0.25) is 0 Å². The lowest BCUT2D eigenvalue weighted by atomic mass is 10.1. The first kappa shape index (κ1) is 14.4. The summed E-state index contributed by atoms with van der Waals surface area (Å²) in [6.45, 7) is 1.73. The summed E-state index contributed by atoms with van der Waals surface area (Å²) >= 11 is 0. The highest BCUT2D eigenvalue weighted by Crippen LogP contribution is 2.26. The highest BCUT2D eigenvalue weighted by Gasteiger charge is 2.11. The Morgan fingerprint density at radius 1 is 1.50 bits per heavy atom. The molecule has 1 aromatic rings. The minimum absolute atomic E-state index is 0.0648. The van der Waals surface area contributed by atoms with Crippen molar-refractivity contribution in [3.8, 4) is 5.75 Å². The van der Waals surface area contributed by atoms with Crippen LogP contribution >= 0.6 is 0 Å². The Labute approximate surface area is 106 Å². The number of hydrogen-bond acceptors (Lipinski definition) is 3. The molecule has 0 radical (unpaired) electrons. The predicted octanol–water partition coefficient (Wildman–Crippen LogP) is 1.74. The number of rotatable bonds is 5. The first-order valence-corrected chi connectivity index (χ1v) is 5.72. The number of halogens is 1. The molecule has 0 saturated heterocycles. The van der Waals surface area contributed by atoms with Gasteiger partial charge in [-0.3, -0.25) is 4.79 Å². The third-order valence-corrected chi connectivity index (χ3v) is 2.50. The van der Waals surface area contributed by atoms with E-state index in [-0.39, 0.29) is 24.7 Å². The Morgan fingerprint density at radius 3 is 2.72 bits per heavy atom. The van der Waals surface area contributed by atoms with Crippen LogP contribution in [0.25, 0.3) is 0 Å². The summed E-state index contributed by atoms with van der Waals surface area (Å²) in [6, 6.07) is 3.95. The van der Waals surface area contributed by atoms with Gasteiger partial charge in [-0.15, -0.1) is 0 Å². The van der Waals surface area contributed by atoms with E-state index in [1.165, 1.54) is 23.1 Å². The Bertz CT molecular complexity index is 419. The van der Waals surface area contributed by atoms with Crippen molar-refractivity contribution in [2.45, 2.75) is 19.4 Å². The van der Waals surface area contributed by atoms with Crippen molar-refractivity contribution >= 4 is 5.91 Å². The molecule has 0 heterocycles. The van der Waals surface area contributed by atoms with E-state index >= 15 is 0 Å². The van der Waals surface area contributed by atoms with Gasteiger partial charge in [0.15, 0.2) is 0 Å². The topological polar surface area (TPSA) is 49.8 Å². The van der Waals surface area contributed by atoms with Crippen molar-refractivity contribution in [3.05, 3.63) is 29.6 Å². The maximum absolute atomic E-state index is 13.1. The number of carbonyl (C=O) groups excluding carboxylic acids is 1. The molecule has 1 N–H and O–H groups in total. The summed E-state index contributed by atoms with van der Waals surface area (Å²) in [6.07, 6.45) is -0.534. The van der Waals surface area contributed by atoms with Gasteiger partial charge in [0.2, 0.25) is 5.91 Å². The van der Waals surface area contributed by atoms with Gasteiger partial charge in [0, 0.05) is 25.7 Å². The smallest absolute Gasteiger partial charge is 0.225 e. The van der Waals surface area contributed by atoms with Gasteiger partial charge in [0.05, 0.1) is 19.1 Å². The molecule has 0 bridgehead atoms. The minimum Gasteiger partial charge on any atom is -0.493 e. The van der Waals surface area contributed by atoms with Crippen LogP contribution in [-0.4, -0.2) is 36.6 Å². The zero-order valence-corrected chi connectivity index (χ0v) is 10.8. The summed E-state index contributed by atoms with van der Waals surface area (Å²) < 4.78 is 18.4. The minimum atomic E-state index is -0.745. The van der Waals surface area contributed by atoms with Crippen LogP contribution in [0.4, 0.5) is 4.39 Å². The standard InChI is InChI=1S/C13H18FNO3/c1-9(16)11-5-4-10(14)8-12(11)18-7-6-13(17)15(2)3/h4-5,8-9,16H,6-7H2,1-3H3. The number of aliphatic hydroxyl groups excluding tert-OH is 1. The number of ether oxygens (including phenoxy) is 1. The molecular weight excluding hydrogens is 237 g/mol. The Balaban J connectivity index is 2.66. The maximum Gasteiger partial charge on any atom is 0.225 e. The first-order chi connectivity index (χ1) is 8.41. The quantitative estimate of drug-likeness (QED) is 0.871. The summed E-state index contributed by atoms with van der Waals surface area (Å²) in [5.41, 5.74) is 0.508. The van der Waals surface area contributed by atoms with Crippen LogP contribution in [0.15, 0.2) is 18.2 Å². The molecule has 0 aliphatic carbocycles. The molecule has 4 nitrogen and oxygen atoms in total. The lowest BCUT2D eigenvalue weighted by Crippen LogP contribution is -2.23. The van der Waals surface area contributed by atoms with E-state index in [0.717, 1.165) is 0 Å². The summed E-state index contributed by atoms with van der Waals surface area (Å²) in [7, 11) is 3.32. The summed E-state index contributed by atoms with van der Waals surface area (Å²) in [5, 5.41) is 9.51. The molecule has 1 aromatic carbocycles. The van der Waals surface area contributed by atoms with E-state index in [2.05, 4.69) is 0 Å². The van der Waals surface area contributed by atoms with Gasteiger partial charge in [0.25, 0.3) is 0 Å². The van der Waals surface area contributed by atoms with Crippen LogP contribution in [0.5, 0.6) is 5.75 Å². The molecule has 0 aliphatic rings. The highest BCUT2D eigenvalue weighted by molar-refractivity contribution is 5.75. The number of aliphatic hydroxyl groups is 1. The molecule has 0 spiro atoms. The summed E-state index contributed by atoms with van der Waals surface area (Å²) in [5.74, 6) is -0.227. The molecule has 1 amide bonds. The van der Waals surface area contributed by atoms with Crippen LogP contribution in [0.3, 0.4) is 0 Å². The van der Waals surface area contributed by atoms with Crippen molar-refractivity contribution in [2.24, 2.45) is 0 Å². The van der Waals surface area contributed by atoms with Crippen molar-refractivity contribution < 1.29 is 19.0 Å². The lowest BCUT2D eigenvalue weighted by molar-refractivity contribution is -0.129. The van der Waals surface area contributed by atoms with E-state index in [9.17, 15) is 14.3 Å². The third kappa shape index (κ3) is 4.00. The highest BCUT2D eigenvalue weighted by atomic mass is 19.1. The van der Waals surface area contributed by atoms with Crippen LogP contribution in [0, 0.1) is 5.82 Å². The number of nitrogens with zero attached hydrogens (tertiary/aromatic N) is 1. The van der Waals surface area contributed by atoms with E-state index in [4.69, 9.17) is 4.74 Å². The molecule has 5 heteroatoms. The third-order valence-electron chi connectivity index (χ3n) is 2.50. The molecule has 1 atom stereocenters. The van der Waals surface area contributed by atoms with Gasteiger partial charge >= 0.3 is 0 Å². The van der Waals surface area contributed by atoms with Crippen molar-refractivity contribution in [2.75, 3.05) is 20.7 Å². The van der Waals surface area contributed by atoms with Gasteiger partial charge in [-0.05, 0) is 19.1 Å². The second kappa shape index (κ2) is 6.35. The molecule has 0 aliphatic heterocycles. The van der Waals surface area contributed by atoms with Gasteiger partial charge < -0.3 is 14.7 Å². The number of carbonyl (C=O) groups is 1. The number of amides is 1. The van der Waals surface area contributed by atoms with Gasteiger partial charge in [-0.25, -0.2) is 4.39 Å². The molecular formula is C13H18FNO3. The summed E-state index contributed by atoms with van der Waals surface area (Å²) in [4.78, 5) is 12.8. The molecule has 100 valence electrons. The largest absolute Gasteiger partial charge is 0.493 e. The molecule has 1 rings (SSSR count). The second-order valence-corrected chi connectivity index (χ2v) is 4.24. The van der Waals surface area contributed by atoms with Gasteiger partial charge in [0.1, 0.15) is 11.6 Å². The van der Waals surface area contributed by atoms with Gasteiger partial charge in [-0.1, -0.05) is 0 Å². The van der Waals surface area contributed by atoms with E-state index in [1.54, 1.807) is 21.0 Å². The number of benzene rings is 1. The van der Waals surface area contributed by atoms with E-state index in [1.807, 2.05) is 0 Å². The molecule has 1 unspecified atom stereocenters. The fraction of sp³-hybridized carbons (Fsp3) is 0.462. The Kier molecular flexibility index (Phi) is 5.09. The zero-order chi connectivity index (χ0) is 13.7. The SMILES string of the molecule is CC(O)c1ccc(F)cc1OCCC(=O)N(C)C. The van der Waals surface area contributed by atoms with E-state index in [0.29, 0.717) is 5.56 Å². The average molecular weight is 255 g/mol. The fourth-order valence-corrected chi connectivity index (χ4v) is 1.45. The second-order valence-electron chi connectivity index (χ2n) is 4.24. The van der Waals surface area contributed by atoms with Crippen LogP contribution in [-0.2, 0) is 4.79 Å². The monoisotopic (exact) mass is 255 g/mol. The predicted molar refractivity (Wildman–Crippen MR) is 65.8 cm³/mol. The molecule has 18 heavy (non-hydrogen) atoms. The van der Waals surface area contributed by atoms with Crippen molar-refractivity contribution in [3.63, 3.8) is 0 Å². The Morgan fingerprint density at radius 2 is 2.17 bits per heavy atom. The number of hydrogen-bond donors (Lipinski definition) is 1. The Hall–Kier alpha value is -1.62. The van der Waals surface area contributed by atoms with Crippen LogP contribution < -0.4 is 4.74 Å².